The summed E-state index contributed by atoms with van der Waals surface area (Å²) in [5.74, 6) is -0.501. The summed E-state index contributed by atoms with van der Waals surface area (Å²) in [4.78, 5) is 15.5. The first-order valence-electron chi connectivity index (χ1n) is 6.09. The predicted molar refractivity (Wildman–Crippen MR) is 77.2 cm³/mol. The number of nitrogens with one attached hydrogen (secondary N) is 1. The van der Waals surface area contributed by atoms with E-state index < -0.39 is 15.9 Å². The number of hydrogen-bond acceptors (Lipinski definition) is 5. The molecule has 3 rings (SSSR count). The molecule has 1 aliphatic rings. The number of hydrogen-bond donors (Lipinski definition) is 2. The highest BCUT2D eigenvalue weighted by Crippen LogP contribution is 2.34. The first-order chi connectivity index (χ1) is 9.91. The molecule has 2 heterocycles. The molecule has 0 spiro atoms. The van der Waals surface area contributed by atoms with E-state index in [9.17, 15) is 13.2 Å². The lowest BCUT2D eigenvalue weighted by Gasteiger charge is -2.29. The number of nitrogen functional groups attached to an aromatic ring is 1. The summed E-state index contributed by atoms with van der Waals surface area (Å²) in [5, 5.41) is 2.51. The van der Waals surface area contributed by atoms with Gasteiger partial charge in [-0.3, -0.25) is 9.10 Å². The van der Waals surface area contributed by atoms with Crippen LogP contribution >= 0.6 is 0 Å². The molecule has 9 heteroatoms. The van der Waals surface area contributed by atoms with Gasteiger partial charge >= 0.3 is 0 Å². The summed E-state index contributed by atoms with van der Waals surface area (Å²) in [6.07, 6.45) is 1.32. The second kappa shape index (κ2) is 4.48. The second-order valence-electron chi connectivity index (χ2n) is 4.62. The lowest BCUT2D eigenvalue weighted by atomic mass is 10.2. The van der Waals surface area contributed by atoms with Gasteiger partial charge in [0.1, 0.15) is 6.54 Å². The second-order valence-corrected chi connectivity index (χ2v) is 6.40. The van der Waals surface area contributed by atoms with Crippen LogP contribution in [0.5, 0.6) is 0 Å². The van der Waals surface area contributed by atoms with Crippen LogP contribution in [0.1, 0.15) is 0 Å². The largest absolute Gasteiger partial charge is 0.381 e. The number of aryl methyl sites for hydroxylation is 1. The quantitative estimate of drug-likeness (QED) is 0.820. The maximum absolute atomic E-state index is 12.8. The molecule has 0 aliphatic carbocycles. The predicted octanol–water partition coefficient (Wildman–Crippen LogP) is 0.150. The average molecular weight is 307 g/mol. The molecule has 3 N–H and O–H groups in total. The molecule has 0 atom stereocenters. The van der Waals surface area contributed by atoms with E-state index >= 15 is 0 Å². The third kappa shape index (κ3) is 2.02. The highest BCUT2D eigenvalue weighted by molar-refractivity contribution is 7.93. The van der Waals surface area contributed by atoms with E-state index in [4.69, 9.17) is 5.73 Å². The summed E-state index contributed by atoms with van der Waals surface area (Å²) < 4.78 is 28.0. The van der Waals surface area contributed by atoms with Crippen molar-refractivity contribution in [2.24, 2.45) is 7.05 Å². The molecule has 0 fully saturated rings. The lowest BCUT2D eigenvalue weighted by molar-refractivity contribution is -0.115. The van der Waals surface area contributed by atoms with E-state index in [0.29, 0.717) is 11.4 Å². The molecular formula is C12H13N5O3S. The third-order valence-electron chi connectivity index (χ3n) is 3.18. The van der Waals surface area contributed by atoms with Crippen LogP contribution in [0, 0.1) is 0 Å². The van der Waals surface area contributed by atoms with Crippen molar-refractivity contribution >= 4 is 33.1 Å². The molecule has 8 nitrogen and oxygen atoms in total. The Labute approximate surface area is 121 Å². The molecule has 1 aromatic carbocycles. The SMILES string of the molecule is Cn1cnc(N)c1S(=O)(=O)N1CC(=O)Nc2ccccc21. The number of nitrogens with zero attached hydrogens (tertiary/aromatic N) is 3. The van der Waals surface area contributed by atoms with Gasteiger partial charge in [0.25, 0.3) is 10.0 Å². The molecule has 0 unspecified atom stereocenters. The molecule has 1 aliphatic heterocycles. The van der Waals surface area contributed by atoms with Crippen LogP contribution in [0.4, 0.5) is 17.2 Å². The maximum atomic E-state index is 12.8. The zero-order valence-electron chi connectivity index (χ0n) is 11.1. The smallest absolute Gasteiger partial charge is 0.284 e. The summed E-state index contributed by atoms with van der Waals surface area (Å²) in [6.45, 7) is -0.302. The topological polar surface area (TPSA) is 110 Å². The monoisotopic (exact) mass is 307 g/mol. The van der Waals surface area contributed by atoms with Crippen molar-refractivity contribution in [3.63, 3.8) is 0 Å². The Hall–Kier alpha value is -2.55. The number of carbonyl (C=O) groups excluding carboxylic acids is 1. The number of carbonyl (C=O) groups is 1. The lowest BCUT2D eigenvalue weighted by Crippen LogP contribution is -2.42. The molecule has 1 aromatic heterocycles. The van der Waals surface area contributed by atoms with Gasteiger partial charge in [-0.05, 0) is 12.1 Å². The number of rotatable bonds is 2. The number of amides is 1. The molecular weight excluding hydrogens is 294 g/mol. The van der Waals surface area contributed by atoms with Crippen LogP contribution in [0.3, 0.4) is 0 Å². The zero-order chi connectivity index (χ0) is 15.2. The van der Waals surface area contributed by atoms with E-state index in [1.165, 1.54) is 17.9 Å². The fraction of sp³-hybridized carbons (Fsp3) is 0.167. The molecule has 0 saturated carbocycles. The Balaban J connectivity index is 2.19. The van der Waals surface area contributed by atoms with Crippen LogP contribution < -0.4 is 15.4 Å². The normalized spacial score (nSPS) is 14.7. The molecule has 0 radical (unpaired) electrons. The summed E-state index contributed by atoms with van der Waals surface area (Å²) >= 11 is 0. The summed E-state index contributed by atoms with van der Waals surface area (Å²) in [6, 6.07) is 6.68. The fourth-order valence-corrected chi connectivity index (χ4v) is 3.91. The number of para-hydroxylation sites is 2. The minimum absolute atomic E-state index is 0.0963. The van der Waals surface area contributed by atoms with Crippen molar-refractivity contribution in [3.8, 4) is 0 Å². The van der Waals surface area contributed by atoms with Crippen molar-refractivity contribution in [1.29, 1.82) is 0 Å². The Morgan fingerprint density at radius 2 is 2.05 bits per heavy atom. The molecule has 0 bridgehead atoms. The number of nitrogens with two attached hydrogens (primary N) is 1. The van der Waals surface area contributed by atoms with Crippen molar-refractivity contribution < 1.29 is 13.2 Å². The van der Waals surface area contributed by atoms with Crippen molar-refractivity contribution in [3.05, 3.63) is 30.6 Å². The van der Waals surface area contributed by atoms with E-state index in [1.54, 1.807) is 24.3 Å². The van der Waals surface area contributed by atoms with Gasteiger partial charge in [0.15, 0.2) is 10.8 Å². The van der Waals surface area contributed by atoms with Gasteiger partial charge in [0.2, 0.25) is 5.91 Å². The molecule has 0 saturated heterocycles. The number of sulfonamides is 1. The Kier molecular flexibility index (Phi) is 2.87. The van der Waals surface area contributed by atoms with Gasteiger partial charge in [-0.25, -0.2) is 4.98 Å². The van der Waals surface area contributed by atoms with Crippen molar-refractivity contribution in [2.45, 2.75) is 5.03 Å². The van der Waals surface area contributed by atoms with E-state index in [0.717, 1.165) is 4.31 Å². The number of imidazole rings is 1. The average Bonchev–Trinajstić information content (AvgIpc) is 2.77. The van der Waals surface area contributed by atoms with Crippen molar-refractivity contribution in [1.82, 2.24) is 9.55 Å². The van der Waals surface area contributed by atoms with Crippen LogP contribution in [-0.2, 0) is 21.9 Å². The standard InChI is InChI=1S/C12H13N5O3S/c1-16-7-14-11(13)12(16)21(19,20)17-6-10(18)15-8-4-2-3-5-9(8)17/h2-5,7H,6,13H2,1H3,(H,15,18). The molecule has 2 aromatic rings. The van der Waals surface area contributed by atoms with Crippen LogP contribution in [0.25, 0.3) is 0 Å². The van der Waals surface area contributed by atoms with E-state index in [2.05, 4.69) is 10.3 Å². The van der Waals surface area contributed by atoms with Gasteiger partial charge in [0.05, 0.1) is 17.7 Å². The third-order valence-corrected chi connectivity index (χ3v) is 5.07. The number of fused-ring (bicyclic) bond motifs is 1. The van der Waals surface area contributed by atoms with Gasteiger partial charge < -0.3 is 15.6 Å². The van der Waals surface area contributed by atoms with Gasteiger partial charge in [-0.15, -0.1) is 0 Å². The van der Waals surface area contributed by atoms with Crippen molar-refractivity contribution in [2.75, 3.05) is 21.9 Å². The van der Waals surface area contributed by atoms with Gasteiger partial charge in [-0.2, -0.15) is 8.42 Å². The molecule has 1 amide bonds. The van der Waals surface area contributed by atoms with E-state index in [-0.39, 0.29) is 17.4 Å². The molecule has 110 valence electrons. The van der Waals surface area contributed by atoms with Crippen LogP contribution in [0.2, 0.25) is 0 Å². The Bertz CT molecular complexity index is 808. The minimum Gasteiger partial charge on any atom is -0.381 e. The maximum Gasteiger partial charge on any atom is 0.284 e. The van der Waals surface area contributed by atoms with Gasteiger partial charge in [0, 0.05) is 7.05 Å². The highest BCUT2D eigenvalue weighted by Gasteiger charge is 2.35. The van der Waals surface area contributed by atoms with E-state index in [1.807, 2.05) is 0 Å². The van der Waals surface area contributed by atoms with Crippen LogP contribution in [-0.4, -0.2) is 30.4 Å². The summed E-state index contributed by atoms with van der Waals surface area (Å²) in [5.41, 5.74) is 6.49. The number of benzene rings is 1. The minimum atomic E-state index is -3.98. The van der Waals surface area contributed by atoms with Crippen LogP contribution in [0.15, 0.2) is 35.6 Å². The highest BCUT2D eigenvalue weighted by atomic mass is 32.2. The first-order valence-corrected chi connectivity index (χ1v) is 7.53. The van der Waals surface area contributed by atoms with Gasteiger partial charge in [-0.1, -0.05) is 12.1 Å². The fourth-order valence-electron chi connectivity index (χ4n) is 2.27. The first kappa shape index (κ1) is 13.4. The zero-order valence-corrected chi connectivity index (χ0v) is 12.0. The molecule has 21 heavy (non-hydrogen) atoms. The Morgan fingerprint density at radius 1 is 1.33 bits per heavy atom. The Morgan fingerprint density at radius 3 is 2.71 bits per heavy atom. The number of aromatic nitrogens is 2. The summed E-state index contributed by atoms with van der Waals surface area (Å²) in [7, 11) is -2.44. The number of anilines is 3.